The molecule has 0 amide bonds. The van der Waals surface area contributed by atoms with E-state index in [1.54, 1.807) is 5.43 Å². The minimum atomic E-state index is -0.625. The third-order valence-electron chi connectivity index (χ3n) is 1.69. The molecule has 0 atom stereocenters. The molecule has 10 nitrogen and oxygen atoms in total. The summed E-state index contributed by atoms with van der Waals surface area (Å²) >= 11 is 0. The predicted molar refractivity (Wildman–Crippen MR) is 60.9 cm³/mol. The maximum absolute atomic E-state index is 10.4. The Labute approximate surface area is 100 Å². The van der Waals surface area contributed by atoms with Crippen molar-refractivity contribution in [2.24, 2.45) is 15.9 Å². The van der Waals surface area contributed by atoms with Gasteiger partial charge in [0.2, 0.25) is 0 Å². The van der Waals surface area contributed by atoms with Gasteiger partial charge in [-0.05, 0) is 23.1 Å². The summed E-state index contributed by atoms with van der Waals surface area (Å²) in [6.45, 7) is 0. The van der Waals surface area contributed by atoms with Gasteiger partial charge in [0.15, 0.2) is 0 Å². The molecule has 94 valence electrons. The number of hydrogen-bond acceptors (Lipinski definition) is 5. The van der Waals surface area contributed by atoms with Crippen molar-refractivity contribution in [3.05, 3.63) is 44.9 Å². The number of nitro benzene ring substituents is 1. The Kier molecular flexibility index (Phi) is 4.26. The van der Waals surface area contributed by atoms with E-state index in [1.165, 1.54) is 30.5 Å². The van der Waals surface area contributed by atoms with Gasteiger partial charge in [-0.15, -0.1) is 5.10 Å². The van der Waals surface area contributed by atoms with Crippen LogP contribution in [0, 0.1) is 15.0 Å². The second kappa shape index (κ2) is 5.89. The fourth-order valence-electron chi connectivity index (χ4n) is 0.960. The lowest BCUT2D eigenvalue weighted by Crippen LogP contribution is -2.36. The Morgan fingerprint density at radius 1 is 1.39 bits per heavy atom. The van der Waals surface area contributed by atoms with Crippen LogP contribution in [0.2, 0.25) is 0 Å². The molecule has 10 heteroatoms. The molecule has 1 aromatic rings. The first-order valence-corrected chi connectivity index (χ1v) is 4.53. The summed E-state index contributed by atoms with van der Waals surface area (Å²) in [7, 11) is 0. The molecule has 0 aliphatic heterocycles. The molecular formula is C8H9N6O4+. The average Bonchev–Trinajstić information content (AvgIpc) is 2.28. The number of hydrogen-bond donors (Lipinski definition) is 3. The van der Waals surface area contributed by atoms with Crippen LogP contribution in [0.1, 0.15) is 5.56 Å². The number of nitrogens with two attached hydrogens (primary N) is 1. The summed E-state index contributed by atoms with van der Waals surface area (Å²) in [6.07, 6.45) is 1.27. The Hall–Kier alpha value is -3.04. The smallest absolute Gasteiger partial charge is 0.362 e. The number of nitrogens with zero attached hydrogens (tertiary/aromatic N) is 4. The second-order valence-electron chi connectivity index (χ2n) is 2.96. The lowest BCUT2D eigenvalue weighted by atomic mass is 10.2. The average molecular weight is 253 g/mol. The summed E-state index contributed by atoms with van der Waals surface area (Å²) in [4.78, 5) is 19.9. The molecular weight excluding hydrogens is 244 g/mol. The zero-order valence-corrected chi connectivity index (χ0v) is 8.92. The van der Waals surface area contributed by atoms with Gasteiger partial charge in [0.05, 0.1) is 11.1 Å². The van der Waals surface area contributed by atoms with Crippen LogP contribution in [0.5, 0.6) is 0 Å². The van der Waals surface area contributed by atoms with Gasteiger partial charge in [-0.3, -0.25) is 10.1 Å². The summed E-state index contributed by atoms with van der Waals surface area (Å²) < 4.78 is 0. The SMILES string of the molecule is N/C(=N\N=C\c1ccc([N+](=O)[O-])cc1)N[N+](=O)O. The van der Waals surface area contributed by atoms with Gasteiger partial charge in [-0.1, -0.05) is 0 Å². The minimum absolute atomic E-state index is 0.0425. The molecule has 1 aromatic carbocycles. The van der Waals surface area contributed by atoms with E-state index in [9.17, 15) is 15.0 Å². The van der Waals surface area contributed by atoms with Crippen LogP contribution in [0.4, 0.5) is 5.69 Å². The quantitative estimate of drug-likeness (QED) is 0.296. The second-order valence-corrected chi connectivity index (χ2v) is 2.96. The number of guanidine groups is 1. The van der Waals surface area contributed by atoms with E-state index in [1.807, 2.05) is 0 Å². The van der Waals surface area contributed by atoms with Crippen LogP contribution < -0.4 is 11.2 Å². The molecule has 0 saturated heterocycles. The summed E-state index contributed by atoms with van der Waals surface area (Å²) in [5.41, 5.74) is 7.36. The molecule has 0 aliphatic rings. The summed E-state index contributed by atoms with van der Waals surface area (Å²) in [5, 5.41) is 24.8. The highest BCUT2D eigenvalue weighted by atomic mass is 16.7. The largest absolute Gasteiger partial charge is 0.364 e. The van der Waals surface area contributed by atoms with Crippen molar-refractivity contribution in [1.29, 1.82) is 0 Å². The fraction of sp³-hybridized carbons (Fsp3) is 0. The van der Waals surface area contributed by atoms with Crippen molar-refractivity contribution < 1.29 is 15.2 Å². The molecule has 0 heterocycles. The Morgan fingerprint density at radius 2 is 2.00 bits per heavy atom. The number of hydrazine groups is 1. The molecule has 0 bridgehead atoms. The van der Waals surface area contributed by atoms with Gasteiger partial charge in [-0.25, -0.2) is 5.21 Å². The standard InChI is InChI=1S/C8H9N6O4/c9-8(12-14(17)18)11-10-5-6-1-3-7(4-2-6)13(15)16/h1-5H,(H,17,18)(H3,9,11,12)/q+1/b10-5+. The number of nitro groups is 1. The van der Waals surface area contributed by atoms with Gasteiger partial charge >= 0.3 is 5.03 Å². The van der Waals surface area contributed by atoms with Crippen molar-refractivity contribution in [2.75, 3.05) is 0 Å². The van der Waals surface area contributed by atoms with E-state index < -0.39 is 15.9 Å². The highest BCUT2D eigenvalue weighted by molar-refractivity contribution is 5.81. The first kappa shape index (κ1) is 13.0. The van der Waals surface area contributed by atoms with Crippen molar-refractivity contribution in [1.82, 2.24) is 5.43 Å². The van der Waals surface area contributed by atoms with Gasteiger partial charge < -0.3 is 5.73 Å². The van der Waals surface area contributed by atoms with Crippen LogP contribution in [0.3, 0.4) is 0 Å². The van der Waals surface area contributed by atoms with Gasteiger partial charge in [-0.2, -0.15) is 5.10 Å². The molecule has 0 fully saturated rings. The number of non-ortho nitro benzene ring substituents is 1. The fourth-order valence-corrected chi connectivity index (χ4v) is 0.960. The van der Waals surface area contributed by atoms with E-state index in [2.05, 4.69) is 10.2 Å². The Balaban J connectivity index is 2.67. The van der Waals surface area contributed by atoms with Crippen molar-refractivity contribution >= 4 is 17.9 Å². The Bertz CT molecular complexity index is 509. The monoisotopic (exact) mass is 253 g/mol. The predicted octanol–water partition coefficient (Wildman–Crippen LogP) is -0.0839. The third-order valence-corrected chi connectivity index (χ3v) is 1.69. The molecule has 0 aromatic heterocycles. The molecule has 0 spiro atoms. The zero-order valence-electron chi connectivity index (χ0n) is 8.92. The molecule has 0 unspecified atom stereocenters. The highest BCUT2D eigenvalue weighted by Crippen LogP contribution is 2.10. The van der Waals surface area contributed by atoms with E-state index in [4.69, 9.17) is 10.9 Å². The van der Waals surface area contributed by atoms with Crippen molar-refractivity contribution in [3.8, 4) is 0 Å². The maximum atomic E-state index is 10.4. The molecule has 0 aliphatic carbocycles. The first-order chi connectivity index (χ1) is 8.49. The molecule has 0 saturated carbocycles. The summed E-state index contributed by atoms with van der Waals surface area (Å²) in [6, 6.07) is 5.54. The number of benzene rings is 1. The number of nitrogens with one attached hydrogen (secondary N) is 1. The zero-order chi connectivity index (χ0) is 13.5. The van der Waals surface area contributed by atoms with Gasteiger partial charge in [0.1, 0.15) is 4.91 Å². The molecule has 0 radical (unpaired) electrons. The third kappa shape index (κ3) is 4.22. The normalized spacial score (nSPS) is 11.4. The lowest BCUT2D eigenvalue weighted by Gasteiger charge is -1.92. The molecule has 4 N–H and O–H groups in total. The topological polar surface area (TPSA) is 146 Å². The van der Waals surface area contributed by atoms with Crippen molar-refractivity contribution in [3.63, 3.8) is 0 Å². The Morgan fingerprint density at radius 3 is 2.50 bits per heavy atom. The van der Waals surface area contributed by atoms with Crippen molar-refractivity contribution in [2.45, 2.75) is 0 Å². The van der Waals surface area contributed by atoms with Gasteiger partial charge in [0.25, 0.3) is 11.6 Å². The lowest BCUT2D eigenvalue weighted by molar-refractivity contribution is -0.822. The van der Waals surface area contributed by atoms with Crippen LogP contribution in [0.25, 0.3) is 0 Å². The van der Waals surface area contributed by atoms with Crippen LogP contribution >= 0.6 is 0 Å². The molecule has 18 heavy (non-hydrogen) atoms. The molecule has 1 rings (SSSR count). The maximum Gasteiger partial charge on any atom is 0.362 e. The highest BCUT2D eigenvalue weighted by Gasteiger charge is 2.04. The van der Waals surface area contributed by atoms with E-state index >= 15 is 0 Å². The van der Waals surface area contributed by atoms with Crippen LogP contribution in [0.15, 0.2) is 34.5 Å². The van der Waals surface area contributed by atoms with Crippen LogP contribution in [-0.4, -0.2) is 27.3 Å². The number of rotatable bonds is 4. The van der Waals surface area contributed by atoms with E-state index in [0.29, 0.717) is 5.56 Å². The first-order valence-electron chi connectivity index (χ1n) is 4.53. The van der Waals surface area contributed by atoms with E-state index in [0.717, 1.165) is 0 Å². The van der Waals surface area contributed by atoms with Gasteiger partial charge in [0, 0.05) is 12.1 Å². The van der Waals surface area contributed by atoms with Crippen LogP contribution in [-0.2, 0) is 0 Å². The minimum Gasteiger partial charge on any atom is -0.364 e. The summed E-state index contributed by atoms with van der Waals surface area (Å²) in [5.74, 6) is -0.411. The van der Waals surface area contributed by atoms with E-state index in [-0.39, 0.29) is 5.69 Å².